The number of alkyl halides is 1. The van der Waals surface area contributed by atoms with Crippen LogP contribution in [0.2, 0.25) is 0 Å². The predicted octanol–water partition coefficient (Wildman–Crippen LogP) is 3.46. The molecule has 1 aliphatic carbocycles. The van der Waals surface area contributed by atoms with Crippen molar-refractivity contribution in [1.82, 2.24) is 5.32 Å². The molecule has 1 aromatic carbocycles. The van der Waals surface area contributed by atoms with E-state index in [9.17, 15) is 4.79 Å². The molecule has 18 heavy (non-hydrogen) atoms. The summed E-state index contributed by atoms with van der Waals surface area (Å²) in [7, 11) is 0. The van der Waals surface area contributed by atoms with Gasteiger partial charge < -0.3 is 5.32 Å². The van der Waals surface area contributed by atoms with E-state index in [1.807, 2.05) is 30.3 Å². The average molecular weight is 328 g/mol. The highest BCUT2D eigenvalue weighted by Crippen LogP contribution is 2.30. The summed E-state index contributed by atoms with van der Waals surface area (Å²) in [5, 5.41) is 3.03. The normalized spacial score (nSPS) is 22.9. The maximum Gasteiger partial charge on any atom is 0.230 e. The van der Waals surface area contributed by atoms with Crippen molar-refractivity contribution in [3.05, 3.63) is 30.3 Å². The van der Waals surface area contributed by atoms with E-state index in [1.54, 1.807) is 11.8 Å². The number of hydrogen-bond acceptors (Lipinski definition) is 2. The molecule has 2 rings (SSSR count). The molecule has 0 aliphatic heterocycles. The zero-order chi connectivity index (χ0) is 12.8. The standard InChI is InChI=1S/C14H18BrNOS/c15-12-7-6-11(8-12)9-16-14(17)10-18-13-4-2-1-3-5-13/h1-5,11-12H,6-10H2,(H,16,17). The topological polar surface area (TPSA) is 29.1 Å². The Hall–Kier alpha value is -0.480. The number of carbonyl (C=O) groups excluding carboxylic acids is 1. The Morgan fingerprint density at radius 1 is 1.33 bits per heavy atom. The van der Waals surface area contributed by atoms with E-state index in [0.29, 0.717) is 16.5 Å². The second-order valence-corrected chi connectivity index (χ2v) is 7.03. The van der Waals surface area contributed by atoms with Gasteiger partial charge in [0.15, 0.2) is 0 Å². The highest BCUT2D eigenvalue weighted by Gasteiger charge is 2.22. The molecule has 1 saturated carbocycles. The van der Waals surface area contributed by atoms with Gasteiger partial charge in [0, 0.05) is 16.3 Å². The molecule has 1 aromatic rings. The molecule has 1 amide bonds. The molecule has 98 valence electrons. The summed E-state index contributed by atoms with van der Waals surface area (Å²) in [6.07, 6.45) is 3.65. The zero-order valence-corrected chi connectivity index (χ0v) is 12.7. The summed E-state index contributed by atoms with van der Waals surface area (Å²) in [6, 6.07) is 10.0. The van der Waals surface area contributed by atoms with Crippen molar-refractivity contribution in [2.24, 2.45) is 5.92 Å². The van der Waals surface area contributed by atoms with Gasteiger partial charge in [-0.2, -0.15) is 0 Å². The maximum atomic E-state index is 11.7. The molecule has 2 atom stereocenters. The van der Waals surface area contributed by atoms with E-state index in [-0.39, 0.29) is 5.91 Å². The highest BCUT2D eigenvalue weighted by atomic mass is 79.9. The minimum absolute atomic E-state index is 0.141. The van der Waals surface area contributed by atoms with Crippen LogP contribution in [0.1, 0.15) is 19.3 Å². The SMILES string of the molecule is O=C(CSc1ccccc1)NCC1CCC(Br)C1. The summed E-state index contributed by atoms with van der Waals surface area (Å²) in [6.45, 7) is 0.830. The van der Waals surface area contributed by atoms with Crippen LogP contribution in [0.5, 0.6) is 0 Å². The Morgan fingerprint density at radius 3 is 2.78 bits per heavy atom. The van der Waals surface area contributed by atoms with Gasteiger partial charge in [-0.15, -0.1) is 11.8 Å². The lowest BCUT2D eigenvalue weighted by Crippen LogP contribution is -2.29. The molecule has 1 aliphatic rings. The molecule has 2 nitrogen and oxygen atoms in total. The van der Waals surface area contributed by atoms with Gasteiger partial charge >= 0.3 is 0 Å². The molecule has 2 unspecified atom stereocenters. The second kappa shape index (κ2) is 7.19. The van der Waals surface area contributed by atoms with E-state index in [0.717, 1.165) is 11.4 Å². The molecule has 0 radical (unpaired) electrons. The van der Waals surface area contributed by atoms with E-state index in [2.05, 4.69) is 21.2 Å². The first kappa shape index (κ1) is 13.9. The number of halogens is 1. The van der Waals surface area contributed by atoms with Gasteiger partial charge in [-0.1, -0.05) is 34.1 Å². The van der Waals surface area contributed by atoms with Crippen LogP contribution in [0.4, 0.5) is 0 Å². The smallest absolute Gasteiger partial charge is 0.230 e. The van der Waals surface area contributed by atoms with Gasteiger partial charge in [-0.05, 0) is 37.3 Å². The fraction of sp³-hybridized carbons (Fsp3) is 0.500. The molecule has 0 heterocycles. The molecule has 0 saturated heterocycles. The van der Waals surface area contributed by atoms with Crippen molar-refractivity contribution in [2.75, 3.05) is 12.3 Å². The Bertz CT molecular complexity index is 385. The third-order valence-electron chi connectivity index (χ3n) is 3.18. The van der Waals surface area contributed by atoms with E-state index < -0.39 is 0 Å². The molecular weight excluding hydrogens is 310 g/mol. The first-order valence-corrected chi connectivity index (χ1v) is 8.23. The largest absolute Gasteiger partial charge is 0.355 e. The minimum Gasteiger partial charge on any atom is -0.355 e. The van der Waals surface area contributed by atoms with E-state index in [1.165, 1.54) is 19.3 Å². The molecule has 1 fully saturated rings. The average Bonchev–Trinajstić information content (AvgIpc) is 2.81. The number of hydrogen-bond donors (Lipinski definition) is 1. The van der Waals surface area contributed by atoms with Gasteiger partial charge in [0.1, 0.15) is 0 Å². The van der Waals surface area contributed by atoms with Crippen LogP contribution >= 0.6 is 27.7 Å². The summed E-state index contributed by atoms with van der Waals surface area (Å²) < 4.78 is 0. The van der Waals surface area contributed by atoms with Crippen molar-refractivity contribution in [3.8, 4) is 0 Å². The van der Waals surface area contributed by atoms with Gasteiger partial charge in [-0.3, -0.25) is 4.79 Å². The number of benzene rings is 1. The van der Waals surface area contributed by atoms with Gasteiger partial charge in [0.25, 0.3) is 0 Å². The number of amides is 1. The molecule has 0 spiro atoms. The van der Waals surface area contributed by atoms with Crippen LogP contribution in [0.25, 0.3) is 0 Å². The Labute approximate surface area is 121 Å². The van der Waals surface area contributed by atoms with Crippen molar-refractivity contribution in [3.63, 3.8) is 0 Å². The maximum absolute atomic E-state index is 11.7. The molecule has 1 N–H and O–H groups in total. The third kappa shape index (κ3) is 4.65. The molecule has 4 heteroatoms. The first-order chi connectivity index (χ1) is 8.74. The number of nitrogens with one attached hydrogen (secondary N) is 1. The fourth-order valence-corrected chi connectivity index (χ4v) is 3.72. The van der Waals surface area contributed by atoms with Crippen LogP contribution in [0.15, 0.2) is 35.2 Å². The minimum atomic E-state index is 0.141. The first-order valence-electron chi connectivity index (χ1n) is 6.32. The van der Waals surface area contributed by atoms with Crippen molar-refractivity contribution >= 4 is 33.6 Å². The van der Waals surface area contributed by atoms with Crippen molar-refractivity contribution in [2.45, 2.75) is 29.0 Å². The van der Waals surface area contributed by atoms with Crippen LogP contribution in [-0.4, -0.2) is 23.0 Å². The summed E-state index contributed by atoms with van der Waals surface area (Å²) in [5.74, 6) is 1.30. The lowest BCUT2D eigenvalue weighted by atomic mass is 10.1. The van der Waals surface area contributed by atoms with Crippen molar-refractivity contribution < 1.29 is 4.79 Å². The molecule has 0 bridgehead atoms. The Balaban J connectivity index is 1.63. The Kier molecular flexibility index (Phi) is 5.57. The number of rotatable bonds is 5. The fourth-order valence-electron chi connectivity index (χ4n) is 2.17. The Morgan fingerprint density at radius 2 is 2.11 bits per heavy atom. The summed E-state index contributed by atoms with van der Waals surface area (Å²) in [4.78, 5) is 13.5. The lowest BCUT2D eigenvalue weighted by Gasteiger charge is -2.10. The predicted molar refractivity (Wildman–Crippen MR) is 80.2 cm³/mol. The number of carbonyl (C=O) groups is 1. The monoisotopic (exact) mass is 327 g/mol. The second-order valence-electron chi connectivity index (χ2n) is 4.68. The molecule has 0 aromatic heterocycles. The van der Waals surface area contributed by atoms with Crippen molar-refractivity contribution in [1.29, 1.82) is 0 Å². The summed E-state index contributed by atoms with van der Waals surface area (Å²) in [5.41, 5.74) is 0. The zero-order valence-electron chi connectivity index (χ0n) is 10.3. The van der Waals surface area contributed by atoms with Crippen LogP contribution in [0.3, 0.4) is 0 Å². The lowest BCUT2D eigenvalue weighted by molar-refractivity contribution is -0.118. The quantitative estimate of drug-likeness (QED) is 0.662. The van der Waals surface area contributed by atoms with Gasteiger partial charge in [-0.25, -0.2) is 0 Å². The van der Waals surface area contributed by atoms with E-state index in [4.69, 9.17) is 0 Å². The van der Waals surface area contributed by atoms with Crippen LogP contribution < -0.4 is 5.32 Å². The van der Waals surface area contributed by atoms with Gasteiger partial charge in [0.05, 0.1) is 5.75 Å². The van der Waals surface area contributed by atoms with E-state index >= 15 is 0 Å². The number of thioether (sulfide) groups is 1. The highest BCUT2D eigenvalue weighted by molar-refractivity contribution is 9.09. The molecular formula is C14H18BrNOS. The third-order valence-corrected chi connectivity index (χ3v) is 5.02. The van der Waals surface area contributed by atoms with Gasteiger partial charge in [0.2, 0.25) is 5.91 Å². The van der Waals surface area contributed by atoms with Crippen LogP contribution in [-0.2, 0) is 4.79 Å². The summed E-state index contributed by atoms with van der Waals surface area (Å²) >= 11 is 5.22. The van der Waals surface area contributed by atoms with Crippen LogP contribution in [0, 0.1) is 5.92 Å².